The number of benzene rings is 1. The van der Waals surface area contributed by atoms with E-state index in [9.17, 15) is 9.59 Å². The number of amides is 2. The van der Waals surface area contributed by atoms with Gasteiger partial charge in [0.1, 0.15) is 0 Å². The number of nitrogens with zero attached hydrogens (tertiary/aromatic N) is 2. The van der Waals surface area contributed by atoms with E-state index in [0.29, 0.717) is 23.0 Å². The van der Waals surface area contributed by atoms with Gasteiger partial charge in [-0.25, -0.2) is 0 Å². The molecule has 9 nitrogen and oxygen atoms in total. The maximum Gasteiger partial charge on any atom is 0.277 e. The first-order valence-corrected chi connectivity index (χ1v) is 7.98. The normalized spacial score (nSPS) is 12.0. The van der Waals surface area contributed by atoms with Crippen molar-refractivity contribution < 1.29 is 23.5 Å². The molecule has 0 unspecified atom stereocenters. The minimum Gasteiger partial charge on any atom is -0.454 e. The standard InChI is InChI=1S/C14H14N4O5S/c1-15-11(19)5-16-12(20)6-24-14-18-17-13(23-14)8-2-3-9-10(4-8)22-7-21-9/h2-4H,5-7H2,1H3,(H,15,19)(H,16,20). The molecule has 126 valence electrons. The molecule has 2 aromatic rings. The summed E-state index contributed by atoms with van der Waals surface area (Å²) >= 11 is 1.09. The fourth-order valence-electron chi connectivity index (χ4n) is 1.86. The second kappa shape index (κ2) is 7.21. The summed E-state index contributed by atoms with van der Waals surface area (Å²) in [5.74, 6) is 1.11. The van der Waals surface area contributed by atoms with E-state index >= 15 is 0 Å². The zero-order valence-corrected chi connectivity index (χ0v) is 13.5. The highest BCUT2D eigenvalue weighted by Gasteiger charge is 2.17. The van der Waals surface area contributed by atoms with Crippen LogP contribution in [0.15, 0.2) is 27.8 Å². The molecule has 0 atom stereocenters. The number of likely N-dealkylation sites (N-methyl/N-ethyl adjacent to an activating group) is 1. The molecule has 1 aromatic heterocycles. The molecule has 24 heavy (non-hydrogen) atoms. The van der Waals surface area contributed by atoms with Gasteiger partial charge in [0, 0.05) is 12.6 Å². The predicted octanol–water partition coefficient (Wildman–Crippen LogP) is 0.420. The summed E-state index contributed by atoms with van der Waals surface area (Å²) in [5.41, 5.74) is 0.697. The first-order chi connectivity index (χ1) is 11.7. The van der Waals surface area contributed by atoms with Crippen molar-refractivity contribution in [1.29, 1.82) is 0 Å². The molecule has 10 heteroatoms. The van der Waals surface area contributed by atoms with Crippen molar-refractivity contribution in [2.75, 3.05) is 26.1 Å². The van der Waals surface area contributed by atoms with Crippen LogP contribution in [-0.4, -0.2) is 48.1 Å². The Bertz CT molecular complexity index is 763. The molecule has 1 aromatic carbocycles. The van der Waals surface area contributed by atoms with Gasteiger partial charge in [-0.1, -0.05) is 11.8 Å². The summed E-state index contributed by atoms with van der Waals surface area (Å²) in [7, 11) is 1.50. The van der Waals surface area contributed by atoms with Gasteiger partial charge in [-0.2, -0.15) is 0 Å². The molecule has 0 bridgehead atoms. The monoisotopic (exact) mass is 350 g/mol. The van der Waals surface area contributed by atoms with E-state index in [1.165, 1.54) is 7.05 Å². The van der Waals surface area contributed by atoms with Gasteiger partial charge in [0.05, 0.1) is 12.3 Å². The quantitative estimate of drug-likeness (QED) is 0.720. The first kappa shape index (κ1) is 16.1. The van der Waals surface area contributed by atoms with Crippen LogP contribution in [0.3, 0.4) is 0 Å². The second-order valence-corrected chi connectivity index (χ2v) is 5.61. The Balaban J connectivity index is 1.56. The molecule has 0 fully saturated rings. The van der Waals surface area contributed by atoms with Gasteiger partial charge in [-0.3, -0.25) is 9.59 Å². The van der Waals surface area contributed by atoms with Crippen molar-refractivity contribution in [1.82, 2.24) is 20.8 Å². The summed E-state index contributed by atoms with van der Waals surface area (Å²) in [6.07, 6.45) is 0. The molecule has 3 rings (SSSR count). The SMILES string of the molecule is CNC(=O)CNC(=O)CSc1nnc(-c2ccc3c(c2)OCO3)o1. The number of thioether (sulfide) groups is 1. The third-order valence-corrected chi connectivity index (χ3v) is 3.90. The molecular formula is C14H14N4O5S. The van der Waals surface area contributed by atoms with Crippen LogP contribution < -0.4 is 20.1 Å². The highest BCUT2D eigenvalue weighted by Crippen LogP contribution is 2.35. The molecule has 2 heterocycles. The van der Waals surface area contributed by atoms with Crippen LogP contribution in [0.2, 0.25) is 0 Å². The molecule has 1 aliphatic rings. The van der Waals surface area contributed by atoms with Gasteiger partial charge in [0.2, 0.25) is 24.5 Å². The summed E-state index contributed by atoms with van der Waals surface area (Å²) in [6, 6.07) is 5.30. The summed E-state index contributed by atoms with van der Waals surface area (Å²) in [6.45, 7) is 0.122. The lowest BCUT2D eigenvalue weighted by molar-refractivity contribution is -0.124. The Hall–Kier alpha value is -2.75. The number of carbonyl (C=O) groups is 2. The van der Waals surface area contributed by atoms with Gasteiger partial charge < -0.3 is 24.5 Å². The number of ether oxygens (including phenoxy) is 2. The Kier molecular flexibility index (Phi) is 4.85. The van der Waals surface area contributed by atoms with Crippen molar-refractivity contribution in [3.05, 3.63) is 18.2 Å². The average molecular weight is 350 g/mol. The van der Waals surface area contributed by atoms with E-state index in [4.69, 9.17) is 13.9 Å². The van der Waals surface area contributed by atoms with Crippen molar-refractivity contribution >= 4 is 23.6 Å². The fourth-order valence-corrected chi connectivity index (χ4v) is 2.45. The van der Waals surface area contributed by atoms with E-state index in [-0.39, 0.29) is 36.1 Å². The molecule has 2 N–H and O–H groups in total. The van der Waals surface area contributed by atoms with Crippen LogP contribution >= 0.6 is 11.8 Å². The molecule has 0 saturated heterocycles. The van der Waals surface area contributed by atoms with E-state index in [2.05, 4.69) is 20.8 Å². The summed E-state index contributed by atoms with van der Waals surface area (Å²) in [5, 5.41) is 13.0. The van der Waals surface area contributed by atoms with Gasteiger partial charge in [-0.15, -0.1) is 10.2 Å². The van der Waals surface area contributed by atoms with Crippen molar-refractivity contribution in [2.24, 2.45) is 0 Å². The van der Waals surface area contributed by atoms with Crippen molar-refractivity contribution in [3.8, 4) is 23.0 Å². The highest BCUT2D eigenvalue weighted by molar-refractivity contribution is 7.99. The van der Waals surface area contributed by atoms with Crippen LogP contribution in [0.25, 0.3) is 11.5 Å². The van der Waals surface area contributed by atoms with Gasteiger partial charge in [0.25, 0.3) is 5.22 Å². The Morgan fingerprint density at radius 2 is 2.04 bits per heavy atom. The van der Waals surface area contributed by atoms with Crippen LogP contribution in [0.5, 0.6) is 11.5 Å². The average Bonchev–Trinajstić information content (AvgIpc) is 3.25. The lowest BCUT2D eigenvalue weighted by Crippen LogP contribution is -2.35. The number of hydrogen-bond donors (Lipinski definition) is 2. The smallest absolute Gasteiger partial charge is 0.277 e. The Morgan fingerprint density at radius 3 is 2.88 bits per heavy atom. The third kappa shape index (κ3) is 3.77. The van der Waals surface area contributed by atoms with E-state index in [0.717, 1.165) is 11.8 Å². The summed E-state index contributed by atoms with van der Waals surface area (Å²) in [4.78, 5) is 22.6. The largest absolute Gasteiger partial charge is 0.454 e. The van der Waals surface area contributed by atoms with Crippen molar-refractivity contribution in [3.63, 3.8) is 0 Å². The molecule has 2 amide bonds. The lowest BCUT2D eigenvalue weighted by Gasteiger charge is -2.02. The summed E-state index contributed by atoms with van der Waals surface area (Å²) < 4.78 is 16.1. The van der Waals surface area contributed by atoms with Gasteiger partial charge >= 0.3 is 0 Å². The molecular weight excluding hydrogens is 336 g/mol. The fraction of sp³-hybridized carbons (Fsp3) is 0.286. The lowest BCUT2D eigenvalue weighted by atomic mass is 10.2. The Labute approximate surface area is 141 Å². The minimum absolute atomic E-state index is 0.0673. The number of rotatable bonds is 6. The topological polar surface area (TPSA) is 116 Å². The van der Waals surface area contributed by atoms with Crippen LogP contribution in [0.1, 0.15) is 0 Å². The maximum absolute atomic E-state index is 11.6. The molecule has 0 aliphatic carbocycles. The van der Waals surface area contributed by atoms with E-state index < -0.39 is 0 Å². The highest BCUT2D eigenvalue weighted by atomic mass is 32.2. The number of nitrogens with one attached hydrogen (secondary N) is 2. The maximum atomic E-state index is 11.6. The molecule has 1 aliphatic heterocycles. The number of aromatic nitrogens is 2. The van der Waals surface area contributed by atoms with E-state index in [1.54, 1.807) is 18.2 Å². The van der Waals surface area contributed by atoms with E-state index in [1.807, 2.05) is 0 Å². The second-order valence-electron chi connectivity index (χ2n) is 4.68. The molecule has 0 spiro atoms. The number of hydrogen-bond acceptors (Lipinski definition) is 8. The van der Waals surface area contributed by atoms with Crippen LogP contribution in [-0.2, 0) is 9.59 Å². The zero-order valence-electron chi connectivity index (χ0n) is 12.7. The third-order valence-electron chi connectivity index (χ3n) is 3.08. The number of fused-ring (bicyclic) bond motifs is 1. The number of carbonyl (C=O) groups excluding carboxylic acids is 2. The minimum atomic E-state index is -0.300. The first-order valence-electron chi connectivity index (χ1n) is 6.99. The molecule has 0 saturated carbocycles. The molecule has 0 radical (unpaired) electrons. The zero-order chi connectivity index (χ0) is 16.9. The van der Waals surface area contributed by atoms with Crippen molar-refractivity contribution in [2.45, 2.75) is 5.22 Å². The Morgan fingerprint density at radius 1 is 1.21 bits per heavy atom. The van der Waals surface area contributed by atoms with Gasteiger partial charge in [0.15, 0.2) is 11.5 Å². The van der Waals surface area contributed by atoms with Crippen LogP contribution in [0.4, 0.5) is 0 Å². The predicted molar refractivity (Wildman–Crippen MR) is 83.7 cm³/mol. The van der Waals surface area contributed by atoms with Gasteiger partial charge in [-0.05, 0) is 18.2 Å². The van der Waals surface area contributed by atoms with Crippen LogP contribution in [0, 0.1) is 0 Å².